The van der Waals surface area contributed by atoms with Crippen LogP contribution in [0.15, 0.2) is 18.2 Å². The Kier molecular flexibility index (Phi) is 5.62. The number of aryl methyl sites for hydroxylation is 2. The van der Waals surface area contributed by atoms with E-state index in [0.717, 1.165) is 37.2 Å². The number of ether oxygens (including phenoxy) is 1. The van der Waals surface area contributed by atoms with Gasteiger partial charge in [-0.25, -0.2) is 0 Å². The summed E-state index contributed by atoms with van der Waals surface area (Å²) in [7, 11) is 1.94. The number of carbonyl (C=O) groups excluding carboxylic acids is 1. The minimum atomic E-state index is 0.207. The summed E-state index contributed by atoms with van der Waals surface area (Å²) in [5.41, 5.74) is 2.29. The highest BCUT2D eigenvalue weighted by molar-refractivity contribution is 5.77. The summed E-state index contributed by atoms with van der Waals surface area (Å²) in [5.74, 6) is 1.09. The fourth-order valence-corrected chi connectivity index (χ4v) is 2.87. The van der Waals surface area contributed by atoms with Crippen molar-refractivity contribution in [3.05, 3.63) is 29.3 Å². The van der Waals surface area contributed by atoms with Crippen LogP contribution in [0.3, 0.4) is 0 Å². The smallest absolute Gasteiger partial charge is 0.226 e. The molecule has 1 saturated heterocycles. The summed E-state index contributed by atoms with van der Waals surface area (Å²) < 4.78 is 5.78. The van der Waals surface area contributed by atoms with Gasteiger partial charge in [0.15, 0.2) is 0 Å². The summed E-state index contributed by atoms with van der Waals surface area (Å²) in [6.45, 7) is 6.29. The highest BCUT2D eigenvalue weighted by Crippen LogP contribution is 2.20. The van der Waals surface area contributed by atoms with Crippen LogP contribution in [0.1, 0.15) is 30.4 Å². The average Bonchev–Trinajstić information content (AvgIpc) is 2.91. The monoisotopic (exact) mass is 290 g/mol. The number of benzene rings is 1. The van der Waals surface area contributed by atoms with Crippen LogP contribution in [0.2, 0.25) is 0 Å². The fourth-order valence-electron chi connectivity index (χ4n) is 2.87. The van der Waals surface area contributed by atoms with E-state index >= 15 is 0 Å². The molecule has 0 unspecified atom stereocenters. The van der Waals surface area contributed by atoms with Gasteiger partial charge in [-0.15, -0.1) is 0 Å². The van der Waals surface area contributed by atoms with Crippen LogP contribution in [0.4, 0.5) is 0 Å². The Labute approximate surface area is 127 Å². The maximum Gasteiger partial charge on any atom is 0.226 e. The predicted molar refractivity (Wildman–Crippen MR) is 84.7 cm³/mol. The molecule has 0 aliphatic carbocycles. The van der Waals surface area contributed by atoms with E-state index in [4.69, 9.17) is 4.74 Å². The molecular weight excluding hydrogens is 264 g/mol. The van der Waals surface area contributed by atoms with Gasteiger partial charge in [-0.3, -0.25) is 4.79 Å². The van der Waals surface area contributed by atoms with Crippen LogP contribution in [-0.2, 0) is 4.79 Å². The van der Waals surface area contributed by atoms with E-state index in [1.54, 1.807) is 0 Å². The molecule has 1 aromatic rings. The second kappa shape index (κ2) is 7.46. The molecule has 0 aromatic heterocycles. The summed E-state index contributed by atoms with van der Waals surface area (Å²) in [5, 5.41) is 3.16. The van der Waals surface area contributed by atoms with Crippen molar-refractivity contribution in [2.45, 2.75) is 39.2 Å². The van der Waals surface area contributed by atoms with E-state index in [2.05, 4.69) is 17.4 Å². The Bertz CT molecular complexity index is 488. The van der Waals surface area contributed by atoms with Crippen molar-refractivity contribution in [3.63, 3.8) is 0 Å². The number of hydrogen-bond acceptors (Lipinski definition) is 3. The van der Waals surface area contributed by atoms with Crippen LogP contribution < -0.4 is 10.1 Å². The molecule has 0 spiro atoms. The van der Waals surface area contributed by atoms with Gasteiger partial charge in [0.05, 0.1) is 13.0 Å². The lowest BCUT2D eigenvalue weighted by Gasteiger charge is -2.24. The van der Waals surface area contributed by atoms with E-state index in [0.29, 0.717) is 19.1 Å². The molecule has 1 fully saturated rings. The van der Waals surface area contributed by atoms with Gasteiger partial charge in [-0.1, -0.05) is 12.1 Å². The zero-order chi connectivity index (χ0) is 15.2. The molecule has 0 saturated carbocycles. The first-order valence-corrected chi connectivity index (χ1v) is 7.76. The van der Waals surface area contributed by atoms with Crippen molar-refractivity contribution < 1.29 is 9.53 Å². The molecule has 4 heteroatoms. The molecule has 1 heterocycles. The van der Waals surface area contributed by atoms with Crippen molar-refractivity contribution >= 4 is 5.91 Å². The maximum atomic E-state index is 12.3. The maximum absolute atomic E-state index is 12.3. The highest BCUT2D eigenvalue weighted by Gasteiger charge is 2.27. The number of carbonyl (C=O) groups is 1. The fraction of sp³-hybridized carbons (Fsp3) is 0.588. The van der Waals surface area contributed by atoms with Gasteiger partial charge in [-0.05, 0) is 50.9 Å². The lowest BCUT2D eigenvalue weighted by atomic mass is 10.1. The van der Waals surface area contributed by atoms with Crippen LogP contribution in [-0.4, -0.2) is 43.6 Å². The summed E-state index contributed by atoms with van der Waals surface area (Å²) in [4.78, 5) is 14.3. The van der Waals surface area contributed by atoms with Crippen LogP contribution in [0.25, 0.3) is 0 Å². The van der Waals surface area contributed by atoms with Crippen molar-refractivity contribution in [2.24, 2.45) is 0 Å². The van der Waals surface area contributed by atoms with Crippen molar-refractivity contribution in [1.82, 2.24) is 10.2 Å². The molecule has 21 heavy (non-hydrogen) atoms. The third-order valence-corrected chi connectivity index (χ3v) is 4.05. The zero-order valence-electron chi connectivity index (χ0n) is 13.3. The molecule has 1 atom stereocenters. The van der Waals surface area contributed by atoms with Gasteiger partial charge < -0.3 is 15.0 Å². The number of likely N-dealkylation sites (N-methyl/N-ethyl adjacent to an activating group) is 1. The molecule has 4 nitrogen and oxygen atoms in total. The quantitative estimate of drug-likeness (QED) is 0.874. The van der Waals surface area contributed by atoms with Crippen molar-refractivity contribution in [2.75, 3.05) is 26.7 Å². The van der Waals surface area contributed by atoms with E-state index < -0.39 is 0 Å². The first kappa shape index (κ1) is 15.8. The predicted octanol–water partition coefficient (Wildman–Crippen LogP) is 2.28. The third kappa shape index (κ3) is 4.21. The van der Waals surface area contributed by atoms with Crippen molar-refractivity contribution in [1.29, 1.82) is 0 Å². The Morgan fingerprint density at radius 2 is 2.24 bits per heavy atom. The van der Waals surface area contributed by atoms with Crippen LogP contribution in [0, 0.1) is 13.8 Å². The van der Waals surface area contributed by atoms with Gasteiger partial charge in [0.25, 0.3) is 0 Å². The summed E-state index contributed by atoms with van der Waals surface area (Å²) in [6.07, 6.45) is 2.66. The van der Waals surface area contributed by atoms with Crippen molar-refractivity contribution in [3.8, 4) is 5.75 Å². The number of likely N-dealkylation sites (tertiary alicyclic amines) is 1. The van der Waals surface area contributed by atoms with E-state index in [-0.39, 0.29) is 5.91 Å². The standard InChI is InChI=1S/C17H26N2O2/c1-13-6-7-14(2)16(11-13)21-10-8-17(20)19-9-4-5-15(19)12-18-3/h6-7,11,15,18H,4-5,8-10,12H2,1-3H3/t15-/m1/s1. The summed E-state index contributed by atoms with van der Waals surface area (Å²) >= 11 is 0. The SMILES string of the molecule is CNC[C@H]1CCCN1C(=O)CCOc1cc(C)ccc1C. The third-order valence-electron chi connectivity index (χ3n) is 4.05. The van der Waals surface area contributed by atoms with Gasteiger partial charge in [0, 0.05) is 19.1 Å². The molecule has 1 aromatic carbocycles. The normalized spacial score (nSPS) is 18.0. The zero-order valence-corrected chi connectivity index (χ0v) is 13.3. The number of nitrogens with zero attached hydrogens (tertiary/aromatic N) is 1. The molecule has 1 N–H and O–H groups in total. The molecule has 1 aliphatic heterocycles. The lowest BCUT2D eigenvalue weighted by Crippen LogP contribution is -2.41. The van der Waals surface area contributed by atoms with Gasteiger partial charge in [0.1, 0.15) is 5.75 Å². The minimum Gasteiger partial charge on any atom is -0.493 e. The van der Waals surface area contributed by atoms with Gasteiger partial charge in [-0.2, -0.15) is 0 Å². The molecule has 0 radical (unpaired) electrons. The highest BCUT2D eigenvalue weighted by atomic mass is 16.5. The topological polar surface area (TPSA) is 41.6 Å². The Hall–Kier alpha value is -1.55. The van der Waals surface area contributed by atoms with E-state index in [1.165, 1.54) is 5.56 Å². The Morgan fingerprint density at radius 1 is 1.43 bits per heavy atom. The number of amides is 1. The van der Waals surface area contributed by atoms with Gasteiger partial charge >= 0.3 is 0 Å². The molecule has 2 rings (SSSR count). The molecule has 0 bridgehead atoms. The first-order chi connectivity index (χ1) is 10.1. The summed E-state index contributed by atoms with van der Waals surface area (Å²) in [6, 6.07) is 6.50. The van der Waals surface area contributed by atoms with E-state index in [9.17, 15) is 4.79 Å². The Balaban J connectivity index is 1.82. The largest absolute Gasteiger partial charge is 0.493 e. The molecule has 1 amide bonds. The van der Waals surface area contributed by atoms with Crippen LogP contribution >= 0.6 is 0 Å². The second-order valence-electron chi connectivity index (χ2n) is 5.81. The molecular formula is C17H26N2O2. The average molecular weight is 290 g/mol. The second-order valence-corrected chi connectivity index (χ2v) is 5.81. The number of nitrogens with one attached hydrogen (secondary N) is 1. The molecule has 116 valence electrons. The number of hydrogen-bond donors (Lipinski definition) is 1. The van der Waals surface area contributed by atoms with E-state index in [1.807, 2.05) is 31.9 Å². The molecule has 1 aliphatic rings. The first-order valence-electron chi connectivity index (χ1n) is 7.76. The minimum absolute atomic E-state index is 0.207. The Morgan fingerprint density at radius 3 is 3.00 bits per heavy atom. The van der Waals surface area contributed by atoms with Crippen LogP contribution in [0.5, 0.6) is 5.75 Å². The lowest BCUT2D eigenvalue weighted by molar-refractivity contribution is -0.132. The number of rotatable bonds is 6. The van der Waals surface area contributed by atoms with Gasteiger partial charge in [0.2, 0.25) is 5.91 Å².